The van der Waals surface area contributed by atoms with Crippen molar-refractivity contribution in [1.82, 2.24) is 10.2 Å². The zero-order valence-corrected chi connectivity index (χ0v) is 16.1. The molecule has 1 N–H and O–H groups in total. The van der Waals surface area contributed by atoms with Crippen molar-refractivity contribution in [3.8, 4) is 0 Å². The van der Waals surface area contributed by atoms with Gasteiger partial charge in [0.2, 0.25) is 5.91 Å². The van der Waals surface area contributed by atoms with Crippen LogP contribution in [0.1, 0.15) is 29.7 Å². The highest BCUT2D eigenvalue weighted by molar-refractivity contribution is 5.85. The van der Waals surface area contributed by atoms with Crippen LogP contribution in [0.4, 0.5) is 5.69 Å². The van der Waals surface area contributed by atoms with E-state index in [1.54, 1.807) is 12.1 Å². The molecule has 2 aromatic carbocycles. The fraction of sp³-hybridized carbons (Fsp3) is 0.350. The maximum atomic E-state index is 12.9. The van der Waals surface area contributed by atoms with Crippen molar-refractivity contribution < 1.29 is 9.72 Å². The van der Waals surface area contributed by atoms with Crippen LogP contribution in [0.2, 0.25) is 0 Å². The minimum absolute atomic E-state index is 0. The molecule has 1 aliphatic heterocycles. The average Bonchev–Trinajstić information content (AvgIpc) is 2.68. The van der Waals surface area contributed by atoms with Gasteiger partial charge < -0.3 is 10.2 Å². The lowest BCUT2D eigenvalue weighted by atomic mass is 10.00. The SMILES string of the molecule is CCc1ccc(C2CNCCN2C(=O)Cc2cccc([N+](=O)[O-])c2)cc1.Cl. The van der Waals surface area contributed by atoms with Crippen LogP contribution >= 0.6 is 12.4 Å². The Hall–Kier alpha value is -2.44. The first kappa shape index (κ1) is 20.9. The van der Waals surface area contributed by atoms with Gasteiger partial charge in [-0.05, 0) is 23.1 Å². The summed E-state index contributed by atoms with van der Waals surface area (Å²) in [5.74, 6) is -0.00318. The largest absolute Gasteiger partial charge is 0.333 e. The minimum atomic E-state index is -0.434. The Bertz CT molecular complexity index is 795. The number of aryl methyl sites for hydroxylation is 1. The predicted octanol–water partition coefficient (Wildman–Crippen LogP) is 3.29. The molecule has 0 bridgehead atoms. The number of halogens is 1. The number of nitro groups is 1. The van der Waals surface area contributed by atoms with Crippen molar-refractivity contribution in [1.29, 1.82) is 0 Å². The number of benzene rings is 2. The van der Waals surface area contributed by atoms with Gasteiger partial charge in [0.05, 0.1) is 17.4 Å². The van der Waals surface area contributed by atoms with Crippen LogP contribution in [-0.4, -0.2) is 35.4 Å². The van der Waals surface area contributed by atoms with E-state index in [-0.39, 0.29) is 36.5 Å². The van der Waals surface area contributed by atoms with E-state index in [9.17, 15) is 14.9 Å². The van der Waals surface area contributed by atoms with Gasteiger partial charge in [-0.3, -0.25) is 14.9 Å². The van der Waals surface area contributed by atoms with Crippen LogP contribution < -0.4 is 5.32 Å². The molecule has 1 saturated heterocycles. The Morgan fingerprint density at radius 1 is 1.22 bits per heavy atom. The average molecular weight is 390 g/mol. The summed E-state index contributed by atoms with van der Waals surface area (Å²) in [5, 5.41) is 14.3. The molecule has 7 heteroatoms. The van der Waals surface area contributed by atoms with Crippen molar-refractivity contribution in [2.75, 3.05) is 19.6 Å². The van der Waals surface area contributed by atoms with Crippen molar-refractivity contribution in [3.63, 3.8) is 0 Å². The first-order valence-electron chi connectivity index (χ1n) is 8.91. The van der Waals surface area contributed by atoms with E-state index >= 15 is 0 Å². The first-order valence-corrected chi connectivity index (χ1v) is 8.91. The first-order chi connectivity index (χ1) is 12.6. The van der Waals surface area contributed by atoms with Crippen LogP contribution in [0, 0.1) is 10.1 Å². The number of carbonyl (C=O) groups excluding carboxylic acids is 1. The number of hydrogen-bond acceptors (Lipinski definition) is 4. The highest BCUT2D eigenvalue weighted by Crippen LogP contribution is 2.24. The second-order valence-corrected chi connectivity index (χ2v) is 6.51. The lowest BCUT2D eigenvalue weighted by molar-refractivity contribution is -0.384. The Kier molecular flexibility index (Phi) is 7.33. The summed E-state index contributed by atoms with van der Waals surface area (Å²) in [6, 6.07) is 14.7. The predicted molar refractivity (Wildman–Crippen MR) is 107 cm³/mol. The molecule has 3 rings (SSSR count). The van der Waals surface area contributed by atoms with Crippen molar-refractivity contribution in [2.24, 2.45) is 0 Å². The number of nitrogens with one attached hydrogen (secondary N) is 1. The van der Waals surface area contributed by atoms with E-state index in [1.807, 2.05) is 4.90 Å². The molecular formula is C20H24ClN3O3. The number of nitrogens with zero attached hydrogens (tertiary/aromatic N) is 2. The highest BCUT2D eigenvalue weighted by atomic mass is 35.5. The van der Waals surface area contributed by atoms with Crippen LogP contribution in [0.15, 0.2) is 48.5 Å². The molecule has 1 atom stereocenters. The molecule has 0 spiro atoms. The third kappa shape index (κ3) is 5.05. The lowest BCUT2D eigenvalue weighted by Gasteiger charge is -2.36. The Morgan fingerprint density at radius 2 is 1.96 bits per heavy atom. The molecule has 1 amide bonds. The van der Waals surface area contributed by atoms with Gasteiger partial charge in [0, 0.05) is 31.8 Å². The zero-order valence-electron chi connectivity index (χ0n) is 15.3. The molecule has 0 saturated carbocycles. The van der Waals surface area contributed by atoms with Crippen molar-refractivity contribution in [3.05, 3.63) is 75.3 Å². The molecule has 1 heterocycles. The van der Waals surface area contributed by atoms with E-state index in [2.05, 4.69) is 36.5 Å². The number of amides is 1. The van der Waals surface area contributed by atoms with Gasteiger partial charge in [0.25, 0.3) is 5.69 Å². The number of hydrogen-bond donors (Lipinski definition) is 1. The standard InChI is InChI=1S/C20H23N3O3.ClH/c1-2-15-6-8-17(9-7-15)19-14-21-10-11-22(19)20(24)13-16-4-3-5-18(12-16)23(25)26;/h3-9,12,19,21H,2,10-11,13-14H2,1H3;1H. The Labute approximate surface area is 165 Å². The van der Waals surface area contributed by atoms with Gasteiger partial charge in [-0.1, -0.05) is 43.3 Å². The summed E-state index contributed by atoms with van der Waals surface area (Å²) >= 11 is 0. The number of rotatable bonds is 5. The van der Waals surface area contributed by atoms with Crippen molar-refractivity contribution >= 4 is 24.0 Å². The van der Waals surface area contributed by atoms with E-state index in [0.29, 0.717) is 18.7 Å². The fourth-order valence-corrected chi connectivity index (χ4v) is 3.33. The molecular weight excluding hydrogens is 366 g/mol. The molecule has 0 aliphatic carbocycles. The zero-order chi connectivity index (χ0) is 18.5. The van der Waals surface area contributed by atoms with Gasteiger partial charge in [-0.15, -0.1) is 12.4 Å². The second kappa shape index (κ2) is 9.48. The summed E-state index contributed by atoms with van der Waals surface area (Å²) in [5.41, 5.74) is 3.07. The molecule has 0 aromatic heterocycles. The topological polar surface area (TPSA) is 75.5 Å². The normalized spacial score (nSPS) is 16.5. The highest BCUT2D eigenvalue weighted by Gasteiger charge is 2.28. The summed E-state index contributed by atoms with van der Waals surface area (Å²) in [6.45, 7) is 4.22. The molecule has 1 unspecified atom stereocenters. The number of nitro benzene ring substituents is 1. The summed E-state index contributed by atoms with van der Waals surface area (Å²) in [4.78, 5) is 25.3. The fourth-order valence-electron chi connectivity index (χ4n) is 3.33. The van der Waals surface area contributed by atoms with Crippen LogP contribution in [0.5, 0.6) is 0 Å². The van der Waals surface area contributed by atoms with Crippen LogP contribution in [-0.2, 0) is 17.6 Å². The van der Waals surface area contributed by atoms with Gasteiger partial charge >= 0.3 is 0 Å². The maximum Gasteiger partial charge on any atom is 0.269 e. The summed E-state index contributed by atoms with van der Waals surface area (Å²) in [6.07, 6.45) is 1.16. The third-order valence-corrected chi connectivity index (χ3v) is 4.81. The monoisotopic (exact) mass is 389 g/mol. The minimum Gasteiger partial charge on any atom is -0.333 e. The smallest absolute Gasteiger partial charge is 0.269 e. The number of carbonyl (C=O) groups is 1. The lowest BCUT2D eigenvalue weighted by Crippen LogP contribution is -2.49. The molecule has 1 fully saturated rings. The molecule has 0 radical (unpaired) electrons. The van der Waals surface area contributed by atoms with E-state index < -0.39 is 4.92 Å². The van der Waals surface area contributed by atoms with E-state index in [4.69, 9.17) is 0 Å². The van der Waals surface area contributed by atoms with Crippen LogP contribution in [0.3, 0.4) is 0 Å². The number of non-ortho nitro benzene ring substituents is 1. The van der Waals surface area contributed by atoms with E-state index in [0.717, 1.165) is 18.5 Å². The molecule has 27 heavy (non-hydrogen) atoms. The molecule has 144 valence electrons. The Morgan fingerprint density at radius 3 is 2.63 bits per heavy atom. The maximum absolute atomic E-state index is 12.9. The van der Waals surface area contributed by atoms with Gasteiger partial charge in [-0.25, -0.2) is 0 Å². The second-order valence-electron chi connectivity index (χ2n) is 6.51. The molecule has 6 nitrogen and oxygen atoms in total. The van der Waals surface area contributed by atoms with Gasteiger partial charge in [-0.2, -0.15) is 0 Å². The molecule has 2 aromatic rings. The quantitative estimate of drug-likeness (QED) is 0.628. The third-order valence-electron chi connectivity index (χ3n) is 4.81. The van der Waals surface area contributed by atoms with Crippen molar-refractivity contribution in [2.45, 2.75) is 25.8 Å². The van der Waals surface area contributed by atoms with Gasteiger partial charge in [0.15, 0.2) is 0 Å². The number of piperazine rings is 1. The Balaban J connectivity index is 0.00000261. The summed E-state index contributed by atoms with van der Waals surface area (Å²) in [7, 11) is 0. The van der Waals surface area contributed by atoms with E-state index in [1.165, 1.54) is 17.7 Å². The summed E-state index contributed by atoms with van der Waals surface area (Å²) < 4.78 is 0. The van der Waals surface area contributed by atoms with Gasteiger partial charge in [0.1, 0.15) is 0 Å². The molecule has 1 aliphatic rings. The van der Waals surface area contributed by atoms with Crippen LogP contribution in [0.25, 0.3) is 0 Å².